The van der Waals surface area contributed by atoms with Crippen LogP contribution in [0.3, 0.4) is 0 Å². The van der Waals surface area contributed by atoms with Gasteiger partial charge in [0.2, 0.25) is 10.0 Å². The van der Waals surface area contributed by atoms with E-state index in [9.17, 15) is 8.42 Å². The van der Waals surface area contributed by atoms with Gasteiger partial charge in [-0.3, -0.25) is 0 Å². The van der Waals surface area contributed by atoms with Crippen molar-refractivity contribution in [2.45, 2.75) is 11.4 Å². The molecular weight excluding hydrogens is 352 g/mol. The first-order valence-corrected chi connectivity index (χ1v) is 8.10. The number of rotatable bonds is 4. The van der Waals surface area contributed by atoms with Crippen LogP contribution in [0.4, 0.5) is 0 Å². The SMILES string of the molecule is Cn1cccc1CNS(=O)(=O)c1ccc(Cl)c(Br)c1. The molecule has 102 valence electrons. The van der Waals surface area contributed by atoms with Crippen LogP contribution >= 0.6 is 27.5 Å². The monoisotopic (exact) mass is 362 g/mol. The second kappa shape index (κ2) is 5.66. The third-order valence-corrected chi connectivity index (χ3v) is 5.31. The van der Waals surface area contributed by atoms with Crippen molar-refractivity contribution < 1.29 is 8.42 Å². The van der Waals surface area contributed by atoms with Crippen molar-refractivity contribution >= 4 is 37.6 Å². The summed E-state index contributed by atoms with van der Waals surface area (Å²) >= 11 is 9.06. The molecular formula is C12H12BrClN2O2S. The van der Waals surface area contributed by atoms with Crippen molar-refractivity contribution in [1.82, 2.24) is 9.29 Å². The van der Waals surface area contributed by atoms with E-state index in [0.717, 1.165) is 5.69 Å². The molecule has 1 aromatic heterocycles. The number of nitrogens with zero attached hydrogens (tertiary/aromatic N) is 1. The van der Waals surface area contributed by atoms with Crippen LogP contribution in [-0.4, -0.2) is 13.0 Å². The Morgan fingerprint density at radius 1 is 1.37 bits per heavy atom. The van der Waals surface area contributed by atoms with E-state index in [-0.39, 0.29) is 11.4 Å². The zero-order valence-corrected chi connectivity index (χ0v) is 13.3. The summed E-state index contributed by atoms with van der Waals surface area (Å²) in [6.45, 7) is 0.242. The molecule has 4 nitrogen and oxygen atoms in total. The Bertz CT molecular complexity index is 698. The zero-order chi connectivity index (χ0) is 14.0. The molecule has 0 unspecified atom stereocenters. The predicted octanol–water partition coefficient (Wildman–Crippen LogP) is 2.92. The molecule has 7 heteroatoms. The Balaban J connectivity index is 2.18. The Kier molecular flexibility index (Phi) is 4.35. The van der Waals surface area contributed by atoms with Gasteiger partial charge in [-0.15, -0.1) is 0 Å². The molecule has 0 atom stereocenters. The number of benzene rings is 1. The van der Waals surface area contributed by atoms with Crippen molar-refractivity contribution in [3.8, 4) is 0 Å². The summed E-state index contributed by atoms with van der Waals surface area (Å²) in [5.74, 6) is 0. The van der Waals surface area contributed by atoms with Gasteiger partial charge in [0.1, 0.15) is 0 Å². The minimum Gasteiger partial charge on any atom is -0.353 e. The van der Waals surface area contributed by atoms with Crippen LogP contribution in [0.5, 0.6) is 0 Å². The number of aryl methyl sites for hydroxylation is 1. The summed E-state index contributed by atoms with van der Waals surface area (Å²) in [5, 5.41) is 0.474. The molecule has 0 saturated carbocycles. The van der Waals surface area contributed by atoms with Crippen molar-refractivity contribution in [3.63, 3.8) is 0 Å². The van der Waals surface area contributed by atoms with Crippen LogP contribution < -0.4 is 4.72 Å². The van der Waals surface area contributed by atoms with Gasteiger partial charge in [0, 0.05) is 23.4 Å². The average Bonchev–Trinajstić information content (AvgIpc) is 2.76. The third-order valence-electron chi connectivity index (χ3n) is 2.70. The molecule has 0 aliphatic heterocycles. The molecule has 0 aliphatic rings. The fourth-order valence-corrected chi connectivity index (χ4v) is 3.25. The topological polar surface area (TPSA) is 51.1 Å². The second-order valence-electron chi connectivity index (χ2n) is 4.01. The first-order valence-electron chi connectivity index (χ1n) is 5.45. The van der Waals surface area contributed by atoms with Crippen LogP contribution in [0.2, 0.25) is 5.02 Å². The van der Waals surface area contributed by atoms with Crippen LogP contribution in [0.1, 0.15) is 5.69 Å². The molecule has 1 heterocycles. The van der Waals surface area contributed by atoms with Crippen LogP contribution in [-0.2, 0) is 23.6 Å². The quantitative estimate of drug-likeness (QED) is 0.908. The minimum atomic E-state index is -3.54. The Hall–Kier alpha value is -0.820. The highest BCUT2D eigenvalue weighted by atomic mass is 79.9. The molecule has 2 aromatic rings. The van der Waals surface area contributed by atoms with E-state index in [1.165, 1.54) is 12.1 Å². The van der Waals surface area contributed by atoms with Gasteiger partial charge in [-0.25, -0.2) is 13.1 Å². The standard InChI is InChI=1S/C12H12BrClN2O2S/c1-16-6-2-3-9(16)8-15-19(17,18)10-4-5-12(14)11(13)7-10/h2-7,15H,8H2,1H3. The minimum absolute atomic E-state index is 0.179. The highest BCUT2D eigenvalue weighted by Gasteiger charge is 2.15. The fourth-order valence-electron chi connectivity index (χ4n) is 1.58. The van der Waals surface area contributed by atoms with Gasteiger partial charge >= 0.3 is 0 Å². The van der Waals surface area contributed by atoms with Crippen LogP contribution in [0, 0.1) is 0 Å². The second-order valence-corrected chi connectivity index (χ2v) is 7.04. The third kappa shape index (κ3) is 3.39. The highest BCUT2D eigenvalue weighted by Crippen LogP contribution is 2.25. The number of hydrogen-bond acceptors (Lipinski definition) is 2. The van der Waals surface area contributed by atoms with Gasteiger partial charge in [0.15, 0.2) is 0 Å². The number of aromatic nitrogens is 1. The molecule has 1 aromatic carbocycles. The van der Waals surface area contributed by atoms with E-state index < -0.39 is 10.0 Å². The molecule has 0 bridgehead atoms. The summed E-state index contributed by atoms with van der Waals surface area (Å²) in [7, 11) is -1.68. The fraction of sp³-hybridized carbons (Fsp3) is 0.167. The number of hydrogen-bond donors (Lipinski definition) is 1. The summed E-state index contributed by atoms with van der Waals surface area (Å²) in [6, 6.07) is 8.22. The molecule has 0 amide bonds. The Morgan fingerprint density at radius 2 is 2.11 bits per heavy atom. The number of nitrogens with one attached hydrogen (secondary N) is 1. The van der Waals surface area contributed by atoms with E-state index in [2.05, 4.69) is 20.7 Å². The van der Waals surface area contributed by atoms with Gasteiger partial charge in [0.05, 0.1) is 16.5 Å². The van der Waals surface area contributed by atoms with Crippen molar-refractivity contribution in [2.75, 3.05) is 0 Å². The smallest absolute Gasteiger partial charge is 0.240 e. The van der Waals surface area contributed by atoms with Crippen molar-refractivity contribution in [1.29, 1.82) is 0 Å². The number of halogens is 2. The van der Waals surface area contributed by atoms with E-state index in [4.69, 9.17) is 11.6 Å². The molecule has 0 aliphatic carbocycles. The Morgan fingerprint density at radius 3 is 2.68 bits per heavy atom. The first-order chi connectivity index (χ1) is 8.90. The van der Waals surface area contributed by atoms with E-state index in [0.29, 0.717) is 9.50 Å². The molecule has 0 radical (unpaired) electrons. The van der Waals surface area contributed by atoms with E-state index >= 15 is 0 Å². The molecule has 0 fully saturated rings. The maximum absolute atomic E-state index is 12.1. The lowest BCUT2D eigenvalue weighted by Gasteiger charge is -2.08. The lowest BCUT2D eigenvalue weighted by Crippen LogP contribution is -2.24. The van der Waals surface area contributed by atoms with Gasteiger partial charge in [-0.2, -0.15) is 0 Å². The van der Waals surface area contributed by atoms with Crippen LogP contribution in [0.25, 0.3) is 0 Å². The van der Waals surface area contributed by atoms with E-state index in [1.807, 2.05) is 29.9 Å². The predicted molar refractivity (Wildman–Crippen MR) is 78.6 cm³/mol. The highest BCUT2D eigenvalue weighted by molar-refractivity contribution is 9.10. The summed E-state index contributed by atoms with van der Waals surface area (Å²) in [4.78, 5) is 0.179. The molecule has 1 N–H and O–H groups in total. The van der Waals surface area contributed by atoms with Crippen molar-refractivity contribution in [3.05, 3.63) is 51.7 Å². The van der Waals surface area contributed by atoms with Crippen molar-refractivity contribution in [2.24, 2.45) is 7.05 Å². The van der Waals surface area contributed by atoms with Crippen LogP contribution in [0.15, 0.2) is 45.9 Å². The summed E-state index contributed by atoms with van der Waals surface area (Å²) in [6.07, 6.45) is 1.86. The molecule has 0 spiro atoms. The largest absolute Gasteiger partial charge is 0.353 e. The lowest BCUT2D eigenvalue weighted by atomic mass is 10.4. The molecule has 2 rings (SSSR count). The van der Waals surface area contributed by atoms with E-state index in [1.54, 1.807) is 6.07 Å². The maximum atomic E-state index is 12.1. The average molecular weight is 364 g/mol. The molecule has 0 saturated heterocycles. The van der Waals surface area contributed by atoms with Gasteiger partial charge in [-0.1, -0.05) is 11.6 Å². The number of sulfonamides is 1. The lowest BCUT2D eigenvalue weighted by molar-refractivity contribution is 0.579. The first kappa shape index (κ1) is 14.6. The molecule has 19 heavy (non-hydrogen) atoms. The maximum Gasteiger partial charge on any atom is 0.240 e. The van der Waals surface area contributed by atoms with Gasteiger partial charge in [0.25, 0.3) is 0 Å². The van der Waals surface area contributed by atoms with Gasteiger partial charge in [-0.05, 0) is 46.3 Å². The van der Waals surface area contributed by atoms with Gasteiger partial charge < -0.3 is 4.57 Å². The normalized spacial score (nSPS) is 11.7. The summed E-state index contributed by atoms with van der Waals surface area (Å²) < 4.78 is 29.2. The zero-order valence-electron chi connectivity index (χ0n) is 10.1. The Labute approximate surface area is 125 Å². The summed E-state index contributed by atoms with van der Waals surface area (Å²) in [5.41, 5.74) is 0.886.